The normalized spacial score (nSPS) is 15.9. The van der Waals surface area contributed by atoms with E-state index in [-0.39, 0.29) is 17.9 Å². The molecule has 1 aliphatic heterocycles. The molecule has 150 valence electrons. The van der Waals surface area contributed by atoms with Crippen molar-refractivity contribution in [2.24, 2.45) is 0 Å². The third-order valence-corrected chi connectivity index (χ3v) is 4.98. The summed E-state index contributed by atoms with van der Waals surface area (Å²) in [7, 11) is 0. The number of esters is 1. The topological polar surface area (TPSA) is 55.6 Å². The van der Waals surface area contributed by atoms with Crippen LogP contribution in [0.5, 0.6) is 0 Å². The number of aromatic nitrogens is 1. The maximum atomic E-state index is 13.2. The number of nitrogens with zero attached hydrogens (tertiary/aromatic N) is 2. The van der Waals surface area contributed by atoms with Gasteiger partial charge in [-0.2, -0.15) is 0 Å². The van der Waals surface area contributed by atoms with Gasteiger partial charge < -0.3 is 9.26 Å². The first-order valence-electron chi connectivity index (χ1n) is 9.85. The maximum absolute atomic E-state index is 13.2. The maximum Gasteiger partial charge on any atom is 0.306 e. The van der Waals surface area contributed by atoms with Crippen LogP contribution in [0.25, 0.3) is 5.57 Å². The van der Waals surface area contributed by atoms with Gasteiger partial charge in [0, 0.05) is 25.6 Å². The molecule has 1 aliphatic rings. The number of ether oxygens (including phenoxy) is 1. The number of carbonyl (C=O) groups excluding carboxylic acids is 1. The zero-order valence-electron chi connectivity index (χ0n) is 16.5. The Morgan fingerprint density at radius 2 is 2.14 bits per heavy atom. The van der Waals surface area contributed by atoms with Gasteiger partial charge in [0.05, 0.1) is 5.69 Å². The van der Waals surface area contributed by atoms with E-state index in [1.165, 1.54) is 17.7 Å². The molecule has 28 heavy (non-hydrogen) atoms. The van der Waals surface area contributed by atoms with Gasteiger partial charge in [0.25, 0.3) is 0 Å². The molecule has 1 aromatic carbocycles. The summed E-state index contributed by atoms with van der Waals surface area (Å²) in [4.78, 5) is 14.1. The molecule has 6 heteroatoms. The van der Waals surface area contributed by atoms with Crippen LogP contribution in [0.2, 0.25) is 0 Å². The fraction of sp³-hybridized carbons (Fsp3) is 0.455. The Kier molecular flexibility index (Phi) is 6.98. The van der Waals surface area contributed by atoms with Crippen molar-refractivity contribution in [2.45, 2.75) is 45.6 Å². The lowest BCUT2D eigenvalue weighted by molar-refractivity contribution is -0.149. The van der Waals surface area contributed by atoms with Crippen LogP contribution in [0.15, 0.2) is 40.9 Å². The molecule has 0 N–H and O–H groups in total. The van der Waals surface area contributed by atoms with Crippen LogP contribution in [0, 0.1) is 12.7 Å². The van der Waals surface area contributed by atoms with E-state index in [1.54, 1.807) is 19.1 Å². The molecule has 0 saturated carbocycles. The van der Waals surface area contributed by atoms with Crippen molar-refractivity contribution in [1.82, 2.24) is 10.1 Å². The first-order chi connectivity index (χ1) is 13.5. The second-order valence-corrected chi connectivity index (χ2v) is 7.14. The Hall–Kier alpha value is -2.47. The first-order valence-corrected chi connectivity index (χ1v) is 9.85. The number of hydrogen-bond donors (Lipinski definition) is 0. The van der Waals surface area contributed by atoms with Crippen LogP contribution in [-0.4, -0.2) is 35.7 Å². The summed E-state index contributed by atoms with van der Waals surface area (Å²) in [5, 5.41) is 3.95. The summed E-state index contributed by atoms with van der Waals surface area (Å²) in [6.07, 6.45) is 4.73. The molecule has 0 amide bonds. The van der Waals surface area contributed by atoms with E-state index in [9.17, 15) is 9.18 Å². The standard InChI is InChI=1S/C22H27FN2O3/c1-3-22(26)27-20(17-6-8-19(23)9-7-17)5-4-12-25-13-10-18(11-14-25)21-15-16(2)24-28-21/h6-10,15,20H,3-5,11-14H2,1-2H3. The van der Waals surface area contributed by atoms with Gasteiger partial charge in [-0.05, 0) is 56.0 Å². The SMILES string of the molecule is CCC(=O)OC(CCCN1CC=C(c2cc(C)no2)CC1)c1ccc(F)cc1. The summed E-state index contributed by atoms with van der Waals surface area (Å²) in [5.41, 5.74) is 2.94. The van der Waals surface area contributed by atoms with Crippen LogP contribution in [0.3, 0.4) is 0 Å². The molecule has 1 atom stereocenters. The molecule has 0 spiro atoms. The number of benzene rings is 1. The average Bonchev–Trinajstić information content (AvgIpc) is 3.14. The van der Waals surface area contributed by atoms with Crippen LogP contribution in [-0.2, 0) is 9.53 Å². The lowest BCUT2D eigenvalue weighted by Gasteiger charge is -2.26. The first kappa shape index (κ1) is 20.3. The molecule has 0 radical (unpaired) electrons. The minimum absolute atomic E-state index is 0.234. The fourth-order valence-corrected chi connectivity index (χ4v) is 3.37. The molecule has 2 aromatic rings. The highest BCUT2D eigenvalue weighted by Crippen LogP contribution is 2.26. The van der Waals surface area contributed by atoms with Crippen molar-refractivity contribution in [3.05, 3.63) is 59.2 Å². The van der Waals surface area contributed by atoms with Crippen LogP contribution >= 0.6 is 0 Å². The van der Waals surface area contributed by atoms with E-state index < -0.39 is 0 Å². The Morgan fingerprint density at radius 3 is 2.75 bits per heavy atom. The van der Waals surface area contributed by atoms with Crippen molar-refractivity contribution in [3.63, 3.8) is 0 Å². The smallest absolute Gasteiger partial charge is 0.306 e. The van der Waals surface area contributed by atoms with Crippen molar-refractivity contribution in [2.75, 3.05) is 19.6 Å². The average molecular weight is 386 g/mol. The molecule has 0 fully saturated rings. The monoisotopic (exact) mass is 386 g/mol. The summed E-state index contributed by atoms with van der Waals surface area (Å²) in [6.45, 7) is 6.44. The van der Waals surface area contributed by atoms with E-state index in [2.05, 4.69) is 16.1 Å². The Morgan fingerprint density at radius 1 is 1.36 bits per heavy atom. The van der Waals surface area contributed by atoms with Crippen molar-refractivity contribution < 1.29 is 18.4 Å². The number of halogens is 1. The predicted molar refractivity (Wildman–Crippen MR) is 105 cm³/mol. The third-order valence-electron chi connectivity index (χ3n) is 4.98. The van der Waals surface area contributed by atoms with Crippen LogP contribution < -0.4 is 0 Å². The highest BCUT2D eigenvalue weighted by molar-refractivity contribution is 5.69. The van der Waals surface area contributed by atoms with Gasteiger partial charge in [0.15, 0.2) is 5.76 Å². The molecule has 0 bridgehead atoms. The molecule has 1 aromatic heterocycles. The fourth-order valence-electron chi connectivity index (χ4n) is 3.37. The minimum Gasteiger partial charge on any atom is -0.457 e. The van der Waals surface area contributed by atoms with Crippen molar-refractivity contribution in [3.8, 4) is 0 Å². The lowest BCUT2D eigenvalue weighted by Crippen LogP contribution is -2.29. The van der Waals surface area contributed by atoms with E-state index in [0.717, 1.165) is 49.5 Å². The second kappa shape index (κ2) is 9.64. The van der Waals surface area contributed by atoms with E-state index in [1.807, 2.05) is 13.0 Å². The van der Waals surface area contributed by atoms with Gasteiger partial charge in [-0.3, -0.25) is 9.69 Å². The Bertz CT molecular complexity index is 813. The summed E-state index contributed by atoms with van der Waals surface area (Å²) in [6, 6.07) is 8.17. The zero-order chi connectivity index (χ0) is 19.9. The molecular formula is C22H27FN2O3. The van der Waals surface area contributed by atoms with E-state index >= 15 is 0 Å². The van der Waals surface area contributed by atoms with Gasteiger partial charge in [-0.25, -0.2) is 4.39 Å². The van der Waals surface area contributed by atoms with Gasteiger partial charge in [0.1, 0.15) is 11.9 Å². The Balaban J connectivity index is 1.52. The van der Waals surface area contributed by atoms with Gasteiger partial charge in [-0.15, -0.1) is 0 Å². The molecule has 5 nitrogen and oxygen atoms in total. The minimum atomic E-state index is -0.332. The van der Waals surface area contributed by atoms with Crippen molar-refractivity contribution >= 4 is 11.5 Å². The number of aryl methyl sites for hydroxylation is 1. The second-order valence-electron chi connectivity index (χ2n) is 7.14. The molecule has 3 rings (SSSR count). The highest BCUT2D eigenvalue weighted by Gasteiger charge is 2.19. The number of hydrogen-bond acceptors (Lipinski definition) is 5. The molecule has 0 aliphatic carbocycles. The lowest BCUT2D eigenvalue weighted by atomic mass is 10.0. The third kappa shape index (κ3) is 5.52. The van der Waals surface area contributed by atoms with E-state index in [4.69, 9.17) is 9.26 Å². The number of carbonyl (C=O) groups is 1. The molecular weight excluding hydrogens is 359 g/mol. The molecule has 2 heterocycles. The molecule has 0 saturated heterocycles. The summed E-state index contributed by atoms with van der Waals surface area (Å²) >= 11 is 0. The van der Waals surface area contributed by atoms with Gasteiger partial charge >= 0.3 is 5.97 Å². The van der Waals surface area contributed by atoms with Gasteiger partial charge in [-0.1, -0.05) is 30.3 Å². The largest absolute Gasteiger partial charge is 0.457 e. The Labute approximate surface area is 165 Å². The predicted octanol–water partition coefficient (Wildman–Crippen LogP) is 4.69. The quantitative estimate of drug-likeness (QED) is 0.616. The number of rotatable bonds is 8. The summed E-state index contributed by atoms with van der Waals surface area (Å²) in [5.74, 6) is 0.337. The summed E-state index contributed by atoms with van der Waals surface area (Å²) < 4.78 is 24.1. The van der Waals surface area contributed by atoms with Crippen molar-refractivity contribution in [1.29, 1.82) is 0 Å². The molecule has 1 unspecified atom stereocenters. The van der Waals surface area contributed by atoms with Crippen LogP contribution in [0.1, 0.15) is 55.7 Å². The van der Waals surface area contributed by atoms with Gasteiger partial charge in [0.2, 0.25) is 0 Å². The zero-order valence-corrected chi connectivity index (χ0v) is 16.5. The van der Waals surface area contributed by atoms with Crippen LogP contribution in [0.4, 0.5) is 4.39 Å². The highest BCUT2D eigenvalue weighted by atomic mass is 19.1. The van der Waals surface area contributed by atoms with E-state index in [0.29, 0.717) is 12.8 Å².